The van der Waals surface area contributed by atoms with Gasteiger partial charge in [0.1, 0.15) is 11.2 Å². The molecule has 0 saturated heterocycles. The van der Waals surface area contributed by atoms with Crippen molar-refractivity contribution < 1.29 is 4.74 Å². The van der Waals surface area contributed by atoms with Gasteiger partial charge in [0.05, 0.1) is 6.10 Å². The average molecular weight is 174 g/mol. The van der Waals surface area contributed by atoms with E-state index < -0.39 is 0 Å². The lowest BCUT2D eigenvalue weighted by Gasteiger charge is -2.08. The molecule has 3 nitrogen and oxygen atoms in total. The molecule has 61 valence electrons. The van der Waals surface area contributed by atoms with Crippen molar-refractivity contribution >= 4 is 11.6 Å². The van der Waals surface area contributed by atoms with Crippen molar-refractivity contribution in [3.8, 4) is 5.88 Å². The predicted octanol–water partition coefficient (Wildman–Crippen LogP) is 1.66. The molecule has 1 aromatic heterocycles. The van der Waals surface area contributed by atoms with Crippen LogP contribution in [0.15, 0.2) is 0 Å². The summed E-state index contributed by atoms with van der Waals surface area (Å²) in [6.07, 6.45) is 2.70. The second-order valence-electron chi connectivity index (χ2n) is 2.52. The van der Waals surface area contributed by atoms with Gasteiger partial charge in [-0.15, -0.1) is 0 Å². The smallest absolute Gasteiger partial charge is 0.231 e. The van der Waals surface area contributed by atoms with Crippen LogP contribution in [-0.2, 0) is 7.05 Å². The van der Waals surface area contributed by atoms with Crippen LogP contribution in [0.5, 0.6) is 5.88 Å². The number of nitrogens with zero attached hydrogens (tertiary/aromatic N) is 2. The van der Waals surface area contributed by atoms with Crippen LogP contribution in [0.2, 0.25) is 5.02 Å². The number of ether oxygens (including phenoxy) is 1. The van der Waals surface area contributed by atoms with Crippen molar-refractivity contribution in [1.29, 1.82) is 0 Å². The highest BCUT2D eigenvalue weighted by Gasteiger charge is 2.08. The fourth-order valence-corrected chi connectivity index (χ4v) is 0.910. The molecule has 1 aromatic rings. The van der Waals surface area contributed by atoms with E-state index in [1.54, 1.807) is 11.7 Å². The normalized spacial score (nSPS) is 10.6. The fraction of sp³-hybridized carbons (Fsp3) is 0.571. The summed E-state index contributed by atoms with van der Waals surface area (Å²) in [4.78, 5) is 0. The van der Waals surface area contributed by atoms with E-state index in [1.807, 2.05) is 13.8 Å². The van der Waals surface area contributed by atoms with Crippen molar-refractivity contribution in [1.82, 2.24) is 9.78 Å². The monoisotopic (exact) mass is 173 g/mol. The Morgan fingerprint density at radius 2 is 2.27 bits per heavy atom. The molecule has 0 aliphatic heterocycles. The third-order valence-corrected chi connectivity index (χ3v) is 1.37. The molecule has 0 amide bonds. The molecule has 1 radical (unpaired) electrons. The summed E-state index contributed by atoms with van der Waals surface area (Å²) in [5, 5.41) is 4.24. The van der Waals surface area contributed by atoms with Gasteiger partial charge in [-0.1, -0.05) is 11.6 Å². The minimum atomic E-state index is 0.108. The second-order valence-corrected chi connectivity index (χ2v) is 2.90. The Kier molecular flexibility index (Phi) is 2.39. The minimum Gasteiger partial charge on any atom is -0.474 e. The van der Waals surface area contributed by atoms with Crippen LogP contribution >= 0.6 is 11.6 Å². The maximum Gasteiger partial charge on any atom is 0.231 e. The Morgan fingerprint density at radius 3 is 2.64 bits per heavy atom. The lowest BCUT2D eigenvalue weighted by Crippen LogP contribution is -2.09. The zero-order chi connectivity index (χ0) is 8.43. The quantitative estimate of drug-likeness (QED) is 0.680. The molecule has 4 heteroatoms. The summed E-state index contributed by atoms with van der Waals surface area (Å²) in [5.74, 6) is 0.571. The molecule has 0 N–H and O–H groups in total. The Balaban J connectivity index is 2.83. The van der Waals surface area contributed by atoms with Gasteiger partial charge in [-0.25, -0.2) is 4.68 Å². The van der Waals surface area contributed by atoms with Crippen LogP contribution in [-0.4, -0.2) is 15.9 Å². The van der Waals surface area contributed by atoms with Crippen LogP contribution in [0.4, 0.5) is 0 Å². The first-order chi connectivity index (χ1) is 5.11. The van der Waals surface area contributed by atoms with Crippen LogP contribution < -0.4 is 4.74 Å². The molecule has 0 aromatic carbocycles. The highest BCUT2D eigenvalue weighted by Crippen LogP contribution is 2.22. The van der Waals surface area contributed by atoms with Gasteiger partial charge in [-0.05, 0) is 13.8 Å². The minimum absolute atomic E-state index is 0.108. The van der Waals surface area contributed by atoms with Gasteiger partial charge < -0.3 is 4.74 Å². The lowest BCUT2D eigenvalue weighted by atomic mass is 10.5. The standard InChI is InChI=1S/C7H10ClN2O/c1-5(2)11-7-6(8)4-9-10(7)3/h5H,1-3H3. The summed E-state index contributed by atoms with van der Waals surface area (Å²) in [7, 11) is 1.76. The molecule has 0 fully saturated rings. The lowest BCUT2D eigenvalue weighted by molar-refractivity contribution is 0.221. The van der Waals surface area contributed by atoms with Gasteiger partial charge in [0, 0.05) is 7.05 Å². The average Bonchev–Trinajstić information content (AvgIpc) is 2.18. The summed E-state index contributed by atoms with van der Waals surface area (Å²) in [5.41, 5.74) is 0. The molecule has 0 saturated carbocycles. The molecule has 0 atom stereocenters. The number of hydrogen-bond donors (Lipinski definition) is 0. The van der Waals surface area contributed by atoms with Gasteiger partial charge in [0.25, 0.3) is 0 Å². The molecule has 11 heavy (non-hydrogen) atoms. The molecule has 0 aliphatic rings. The van der Waals surface area contributed by atoms with Gasteiger partial charge in [-0.2, -0.15) is 5.10 Å². The Bertz CT molecular complexity index is 225. The number of rotatable bonds is 2. The van der Waals surface area contributed by atoms with E-state index in [0.717, 1.165) is 0 Å². The summed E-state index contributed by atoms with van der Waals surface area (Å²) in [6, 6.07) is 0. The van der Waals surface area contributed by atoms with Gasteiger partial charge >= 0.3 is 0 Å². The molecular weight excluding hydrogens is 164 g/mol. The van der Waals surface area contributed by atoms with Gasteiger partial charge in [0.15, 0.2) is 0 Å². The molecule has 0 aliphatic carbocycles. The van der Waals surface area contributed by atoms with Gasteiger partial charge in [0.2, 0.25) is 5.88 Å². The Labute approximate surface area is 70.9 Å². The fourth-order valence-electron chi connectivity index (χ4n) is 0.705. The zero-order valence-electron chi connectivity index (χ0n) is 6.76. The third kappa shape index (κ3) is 1.87. The maximum atomic E-state index is 5.73. The Morgan fingerprint density at radius 1 is 1.64 bits per heavy atom. The summed E-state index contributed by atoms with van der Waals surface area (Å²) >= 11 is 5.73. The van der Waals surface area contributed by atoms with Crippen LogP contribution in [0.3, 0.4) is 0 Å². The highest BCUT2D eigenvalue weighted by atomic mass is 35.5. The number of aromatic nitrogens is 2. The van der Waals surface area contributed by atoms with Crippen molar-refractivity contribution in [2.75, 3.05) is 0 Å². The SMILES string of the molecule is CC(C)Oc1c(Cl)[c]nn1C. The molecule has 0 spiro atoms. The zero-order valence-corrected chi connectivity index (χ0v) is 7.51. The first-order valence-corrected chi connectivity index (χ1v) is 3.76. The highest BCUT2D eigenvalue weighted by molar-refractivity contribution is 6.31. The molecule has 0 unspecified atom stereocenters. The predicted molar refractivity (Wildman–Crippen MR) is 42.8 cm³/mol. The molecular formula is C7H10ClN2O. The van der Waals surface area contributed by atoms with Crippen molar-refractivity contribution in [3.63, 3.8) is 0 Å². The molecule has 0 bridgehead atoms. The van der Waals surface area contributed by atoms with E-state index in [0.29, 0.717) is 10.9 Å². The van der Waals surface area contributed by atoms with Gasteiger partial charge in [-0.3, -0.25) is 0 Å². The first kappa shape index (κ1) is 8.40. The van der Waals surface area contributed by atoms with E-state index in [9.17, 15) is 0 Å². The topological polar surface area (TPSA) is 27.1 Å². The largest absolute Gasteiger partial charge is 0.474 e. The van der Waals surface area contributed by atoms with E-state index in [4.69, 9.17) is 16.3 Å². The summed E-state index contributed by atoms with van der Waals surface area (Å²) in [6.45, 7) is 3.87. The maximum absolute atomic E-state index is 5.73. The first-order valence-electron chi connectivity index (χ1n) is 3.38. The molecule has 1 heterocycles. The van der Waals surface area contributed by atoms with Crippen LogP contribution in [0.1, 0.15) is 13.8 Å². The van der Waals surface area contributed by atoms with Crippen molar-refractivity contribution in [2.45, 2.75) is 20.0 Å². The summed E-state index contributed by atoms with van der Waals surface area (Å²) < 4.78 is 6.91. The van der Waals surface area contributed by atoms with Crippen molar-refractivity contribution in [3.05, 3.63) is 11.2 Å². The Hall–Kier alpha value is -0.700. The van der Waals surface area contributed by atoms with E-state index >= 15 is 0 Å². The van der Waals surface area contributed by atoms with E-state index in [-0.39, 0.29) is 6.10 Å². The van der Waals surface area contributed by atoms with Crippen molar-refractivity contribution in [2.24, 2.45) is 7.05 Å². The van der Waals surface area contributed by atoms with Crippen LogP contribution in [0.25, 0.3) is 0 Å². The third-order valence-electron chi connectivity index (χ3n) is 1.13. The van der Waals surface area contributed by atoms with Crippen LogP contribution in [0, 0.1) is 6.20 Å². The number of aryl methyl sites for hydroxylation is 1. The second kappa shape index (κ2) is 3.13. The molecule has 1 rings (SSSR count). The number of hydrogen-bond acceptors (Lipinski definition) is 2. The number of halogens is 1. The van der Waals surface area contributed by atoms with E-state index in [1.165, 1.54) is 0 Å². The van der Waals surface area contributed by atoms with E-state index in [2.05, 4.69) is 11.3 Å².